The van der Waals surface area contributed by atoms with Crippen LogP contribution < -0.4 is 4.90 Å². The molecular formula is C57H52N2. The van der Waals surface area contributed by atoms with Gasteiger partial charge in [-0.3, -0.25) is 0 Å². The zero-order chi connectivity index (χ0) is 39.6. The zero-order valence-corrected chi connectivity index (χ0v) is 34.8. The van der Waals surface area contributed by atoms with Crippen molar-refractivity contribution in [3.05, 3.63) is 179 Å². The highest BCUT2D eigenvalue weighted by molar-refractivity contribution is 6.09. The highest BCUT2D eigenvalue weighted by atomic mass is 15.1. The fourth-order valence-electron chi connectivity index (χ4n) is 13.1. The molecule has 7 aromatic carbocycles. The summed E-state index contributed by atoms with van der Waals surface area (Å²) in [5.41, 5.74) is 19.8. The number of nitrogens with zero attached hydrogens (tertiary/aromatic N) is 2. The summed E-state index contributed by atoms with van der Waals surface area (Å²) in [5.74, 6) is 2.87. The number of anilines is 3. The molecule has 1 aromatic heterocycles. The van der Waals surface area contributed by atoms with Gasteiger partial charge in [-0.1, -0.05) is 105 Å². The van der Waals surface area contributed by atoms with Crippen LogP contribution in [0.25, 0.3) is 49.7 Å². The number of aryl methyl sites for hydroxylation is 2. The van der Waals surface area contributed by atoms with E-state index in [1.54, 1.807) is 5.56 Å². The van der Waals surface area contributed by atoms with Gasteiger partial charge in [-0.2, -0.15) is 0 Å². The average molecular weight is 765 g/mol. The molecule has 0 unspecified atom stereocenters. The van der Waals surface area contributed by atoms with Gasteiger partial charge in [0, 0.05) is 33.2 Å². The van der Waals surface area contributed by atoms with Gasteiger partial charge in [-0.25, -0.2) is 0 Å². The van der Waals surface area contributed by atoms with Gasteiger partial charge in [0.25, 0.3) is 0 Å². The van der Waals surface area contributed by atoms with Gasteiger partial charge in [0.15, 0.2) is 0 Å². The number of hydrogen-bond donors (Lipinski definition) is 0. The van der Waals surface area contributed by atoms with Gasteiger partial charge in [-0.15, -0.1) is 0 Å². The van der Waals surface area contributed by atoms with Gasteiger partial charge in [0.1, 0.15) is 0 Å². The van der Waals surface area contributed by atoms with Crippen LogP contribution in [0, 0.1) is 31.6 Å². The van der Waals surface area contributed by atoms with E-state index in [9.17, 15) is 0 Å². The van der Waals surface area contributed by atoms with Crippen molar-refractivity contribution in [2.45, 2.75) is 77.0 Å². The molecule has 0 spiro atoms. The Balaban J connectivity index is 0.960. The highest BCUT2D eigenvalue weighted by Gasteiger charge is 2.51. The Bertz CT molecular complexity index is 2850. The van der Waals surface area contributed by atoms with E-state index in [4.69, 9.17) is 0 Å². The lowest BCUT2D eigenvalue weighted by Gasteiger charge is -2.57. The van der Waals surface area contributed by atoms with E-state index in [2.05, 4.69) is 189 Å². The summed E-state index contributed by atoms with van der Waals surface area (Å²) >= 11 is 0. The summed E-state index contributed by atoms with van der Waals surface area (Å²) in [6.07, 6.45) is 8.69. The van der Waals surface area contributed by atoms with Gasteiger partial charge in [0.05, 0.1) is 16.7 Å². The van der Waals surface area contributed by atoms with Crippen molar-refractivity contribution in [3.63, 3.8) is 0 Å². The molecule has 1 heterocycles. The summed E-state index contributed by atoms with van der Waals surface area (Å²) in [6, 6.07) is 57.6. The van der Waals surface area contributed by atoms with E-state index >= 15 is 0 Å². The van der Waals surface area contributed by atoms with E-state index in [0.717, 1.165) is 29.1 Å². The molecule has 0 aliphatic heterocycles. The van der Waals surface area contributed by atoms with Crippen LogP contribution in [0.2, 0.25) is 0 Å². The quantitative estimate of drug-likeness (QED) is 0.164. The molecule has 290 valence electrons. The topological polar surface area (TPSA) is 8.17 Å². The Morgan fingerprint density at radius 2 is 1.05 bits per heavy atom. The average Bonchev–Trinajstić information content (AvgIpc) is 3.70. The van der Waals surface area contributed by atoms with Crippen LogP contribution in [0.15, 0.2) is 152 Å². The van der Waals surface area contributed by atoms with Crippen LogP contribution in [-0.4, -0.2) is 4.57 Å². The Hall–Kier alpha value is -5.86. The van der Waals surface area contributed by atoms with Crippen molar-refractivity contribution in [3.8, 4) is 27.9 Å². The largest absolute Gasteiger partial charge is 0.310 e. The normalized spacial score (nSPS) is 22.2. The zero-order valence-electron chi connectivity index (χ0n) is 34.8. The second-order valence-corrected chi connectivity index (χ2v) is 19.4. The molecular weight excluding hydrogens is 713 g/mol. The molecule has 0 N–H and O–H groups in total. The van der Waals surface area contributed by atoms with Crippen molar-refractivity contribution < 1.29 is 0 Å². The summed E-state index contributed by atoms with van der Waals surface area (Å²) in [6.45, 7) is 9.38. The third-order valence-electron chi connectivity index (χ3n) is 15.4. The molecule has 0 atom stereocenters. The summed E-state index contributed by atoms with van der Waals surface area (Å²) in [5, 5.41) is 2.56. The SMILES string of the molecule is Cc1cc(-c2ccc(C34CC5CC(CC(C5)C3)C4)cc2)cc(C)c1N(c1ccc(-n2c3ccccc3c3ccccc32)cc1)c1ccc2c(c1)C(C)(C)c1ccccc1-2. The minimum Gasteiger partial charge on any atom is -0.310 e. The molecule has 4 fully saturated rings. The minimum atomic E-state index is -0.0930. The molecule has 2 heteroatoms. The summed E-state index contributed by atoms with van der Waals surface area (Å²) in [7, 11) is 0. The number of rotatable bonds is 6. The fraction of sp³-hybridized carbons (Fsp3) is 0.263. The number of fused-ring (bicyclic) bond motifs is 6. The fourth-order valence-corrected chi connectivity index (χ4v) is 13.1. The smallest absolute Gasteiger partial charge is 0.0541 e. The molecule has 13 rings (SSSR count). The van der Waals surface area contributed by atoms with Gasteiger partial charge >= 0.3 is 0 Å². The summed E-state index contributed by atoms with van der Waals surface area (Å²) < 4.78 is 2.41. The predicted octanol–water partition coefficient (Wildman–Crippen LogP) is 15.3. The van der Waals surface area contributed by atoms with Crippen LogP contribution in [-0.2, 0) is 10.8 Å². The van der Waals surface area contributed by atoms with Crippen molar-refractivity contribution in [2.24, 2.45) is 17.8 Å². The summed E-state index contributed by atoms with van der Waals surface area (Å²) in [4.78, 5) is 2.51. The molecule has 0 saturated heterocycles. The number of hydrogen-bond acceptors (Lipinski definition) is 1. The van der Waals surface area contributed by atoms with Crippen LogP contribution in [0.3, 0.4) is 0 Å². The first-order valence-electron chi connectivity index (χ1n) is 22.1. The lowest BCUT2D eigenvalue weighted by Crippen LogP contribution is -2.48. The van der Waals surface area contributed by atoms with E-state index < -0.39 is 0 Å². The number of aromatic nitrogens is 1. The van der Waals surface area contributed by atoms with E-state index in [1.807, 2.05) is 0 Å². The van der Waals surface area contributed by atoms with Crippen LogP contribution in [0.4, 0.5) is 17.1 Å². The Labute approximate surface area is 349 Å². The van der Waals surface area contributed by atoms with Gasteiger partial charge < -0.3 is 9.47 Å². The van der Waals surface area contributed by atoms with E-state index in [0.29, 0.717) is 5.41 Å². The van der Waals surface area contributed by atoms with E-state index in [1.165, 1.54) is 116 Å². The maximum atomic E-state index is 2.51. The lowest BCUT2D eigenvalue weighted by molar-refractivity contribution is -0.00518. The Morgan fingerprint density at radius 1 is 0.508 bits per heavy atom. The van der Waals surface area contributed by atoms with Crippen molar-refractivity contribution in [2.75, 3.05) is 4.90 Å². The highest BCUT2D eigenvalue weighted by Crippen LogP contribution is 2.61. The maximum Gasteiger partial charge on any atom is 0.0541 e. The molecule has 0 radical (unpaired) electrons. The third kappa shape index (κ3) is 5.31. The second-order valence-electron chi connectivity index (χ2n) is 19.4. The first-order valence-corrected chi connectivity index (χ1v) is 22.1. The lowest BCUT2D eigenvalue weighted by atomic mass is 9.48. The van der Waals surface area contributed by atoms with Crippen molar-refractivity contribution >= 4 is 38.9 Å². The molecule has 5 aliphatic carbocycles. The Morgan fingerprint density at radius 3 is 1.68 bits per heavy atom. The monoisotopic (exact) mass is 764 g/mol. The first kappa shape index (κ1) is 35.1. The van der Waals surface area contributed by atoms with Crippen LogP contribution in [0.1, 0.15) is 80.2 Å². The molecule has 4 bridgehead atoms. The van der Waals surface area contributed by atoms with Crippen molar-refractivity contribution in [1.29, 1.82) is 0 Å². The number of para-hydroxylation sites is 2. The third-order valence-corrected chi connectivity index (χ3v) is 15.4. The van der Waals surface area contributed by atoms with Crippen LogP contribution in [0.5, 0.6) is 0 Å². The van der Waals surface area contributed by atoms with Gasteiger partial charge in [-0.05, 0) is 186 Å². The maximum absolute atomic E-state index is 2.51. The van der Waals surface area contributed by atoms with E-state index in [-0.39, 0.29) is 5.41 Å². The van der Waals surface area contributed by atoms with Gasteiger partial charge in [0.2, 0.25) is 0 Å². The van der Waals surface area contributed by atoms with Crippen molar-refractivity contribution in [1.82, 2.24) is 4.57 Å². The Kier molecular flexibility index (Phi) is 7.63. The predicted molar refractivity (Wildman–Crippen MR) is 248 cm³/mol. The first-order chi connectivity index (χ1) is 28.7. The number of benzene rings is 7. The molecule has 4 saturated carbocycles. The standard InChI is InChI=1S/C57H52N2/c1-36-27-42(41-17-19-43(20-18-41)57-33-38-29-39(34-57)31-40(30-38)35-57)28-37(2)55(36)58(46-25-26-48-47-11-5-8-14-51(47)56(3,4)52(48)32-46)44-21-23-45(24-22-44)59-53-15-9-6-12-49(53)50-13-7-10-16-54(50)59/h5-28,32,38-40H,29-31,33-35H2,1-4H3. The molecule has 8 aromatic rings. The molecule has 5 aliphatic rings. The van der Waals surface area contributed by atoms with Crippen LogP contribution >= 0.6 is 0 Å². The molecule has 2 nitrogen and oxygen atoms in total. The molecule has 0 amide bonds. The minimum absolute atomic E-state index is 0.0930. The second kappa shape index (κ2) is 12.8. The molecule has 59 heavy (non-hydrogen) atoms.